The van der Waals surface area contributed by atoms with Crippen molar-refractivity contribution in [2.45, 2.75) is 64.3 Å². The van der Waals surface area contributed by atoms with Gasteiger partial charge < -0.3 is 13.6 Å². The maximum absolute atomic E-state index is 14.8. The highest BCUT2D eigenvalue weighted by atomic mass is 28.4. The standard InChI is InChI=1S/C43H50O4Si2/c1-42(2,3)48(36-24-14-8-15-25-36,37-26-16-9-17-27-37)46-33-40(44)41(34-45-32-35-22-12-7-13-23-35)47-49(43(4,5)6,38-28-18-10-19-29-38)39-30-20-11-21-31-39/h7-31,41H,32-34H2,1-6H3/t41-/m0/s1. The van der Waals surface area contributed by atoms with Gasteiger partial charge in [0, 0.05) is 0 Å². The fourth-order valence-electron chi connectivity index (χ4n) is 6.99. The number of carbonyl (C=O) groups excluding carboxylic acids is 1. The van der Waals surface area contributed by atoms with Crippen LogP contribution in [0.15, 0.2) is 152 Å². The molecule has 0 aromatic heterocycles. The predicted molar refractivity (Wildman–Crippen MR) is 207 cm³/mol. The van der Waals surface area contributed by atoms with Crippen molar-refractivity contribution < 1.29 is 18.4 Å². The Kier molecular flexibility index (Phi) is 11.7. The zero-order valence-electron chi connectivity index (χ0n) is 29.8. The monoisotopic (exact) mass is 686 g/mol. The predicted octanol–water partition coefficient (Wildman–Crippen LogP) is 7.29. The van der Waals surface area contributed by atoms with Gasteiger partial charge in [-0.05, 0) is 36.4 Å². The Hall–Kier alpha value is -3.92. The van der Waals surface area contributed by atoms with Gasteiger partial charge in [-0.1, -0.05) is 193 Å². The van der Waals surface area contributed by atoms with Gasteiger partial charge in [0.05, 0.1) is 19.8 Å². The van der Waals surface area contributed by atoms with E-state index in [-0.39, 0.29) is 29.1 Å². The molecule has 0 saturated heterocycles. The molecule has 0 saturated carbocycles. The van der Waals surface area contributed by atoms with Crippen LogP contribution in [0.2, 0.25) is 10.1 Å². The van der Waals surface area contributed by atoms with Gasteiger partial charge in [-0.2, -0.15) is 0 Å². The summed E-state index contributed by atoms with van der Waals surface area (Å²) in [6, 6.07) is 51.8. The van der Waals surface area contributed by atoms with Crippen molar-refractivity contribution in [3.8, 4) is 0 Å². The summed E-state index contributed by atoms with van der Waals surface area (Å²) in [5.74, 6) is -0.117. The van der Waals surface area contributed by atoms with Crippen molar-refractivity contribution in [1.82, 2.24) is 0 Å². The second-order valence-corrected chi connectivity index (χ2v) is 23.2. The Morgan fingerprint density at radius 2 is 0.878 bits per heavy atom. The Morgan fingerprint density at radius 1 is 0.531 bits per heavy atom. The van der Waals surface area contributed by atoms with Gasteiger partial charge in [0.1, 0.15) is 6.10 Å². The molecular weight excluding hydrogens is 637 g/mol. The Bertz CT molecular complexity index is 1660. The maximum atomic E-state index is 14.8. The highest BCUT2D eigenvalue weighted by Crippen LogP contribution is 2.39. The summed E-state index contributed by atoms with van der Waals surface area (Å²) in [6.45, 7) is 13.8. The quantitative estimate of drug-likeness (QED) is 0.115. The second-order valence-electron chi connectivity index (χ2n) is 14.7. The molecule has 49 heavy (non-hydrogen) atoms. The summed E-state index contributed by atoms with van der Waals surface area (Å²) in [7, 11) is -6.06. The van der Waals surface area contributed by atoms with Crippen LogP contribution in [0.5, 0.6) is 0 Å². The fraction of sp³-hybridized carbons (Fsp3) is 0.279. The molecule has 254 valence electrons. The van der Waals surface area contributed by atoms with Crippen LogP contribution < -0.4 is 20.7 Å². The average Bonchev–Trinajstić information content (AvgIpc) is 3.11. The van der Waals surface area contributed by atoms with Crippen LogP contribution in [0.4, 0.5) is 0 Å². The third-order valence-corrected chi connectivity index (χ3v) is 19.3. The average molecular weight is 687 g/mol. The Morgan fingerprint density at radius 3 is 1.24 bits per heavy atom. The molecule has 6 heteroatoms. The van der Waals surface area contributed by atoms with Gasteiger partial charge in [0.2, 0.25) is 0 Å². The summed E-state index contributed by atoms with van der Waals surface area (Å²) in [4.78, 5) is 14.8. The number of benzene rings is 5. The molecule has 0 fully saturated rings. The van der Waals surface area contributed by atoms with Crippen LogP contribution in [-0.2, 0) is 25.0 Å². The molecule has 0 radical (unpaired) electrons. The van der Waals surface area contributed by atoms with Gasteiger partial charge in [0.25, 0.3) is 16.6 Å². The van der Waals surface area contributed by atoms with E-state index in [1.54, 1.807) is 0 Å². The topological polar surface area (TPSA) is 44.8 Å². The van der Waals surface area contributed by atoms with Crippen molar-refractivity contribution in [1.29, 1.82) is 0 Å². The minimum Gasteiger partial charge on any atom is -0.400 e. The van der Waals surface area contributed by atoms with Crippen LogP contribution in [0.1, 0.15) is 47.1 Å². The first-order chi connectivity index (χ1) is 23.5. The van der Waals surface area contributed by atoms with E-state index in [4.69, 9.17) is 13.6 Å². The number of carbonyl (C=O) groups is 1. The molecule has 0 spiro atoms. The molecule has 0 aliphatic carbocycles. The second kappa shape index (κ2) is 15.7. The Labute approximate surface area is 295 Å². The lowest BCUT2D eigenvalue weighted by molar-refractivity contribution is -0.131. The summed E-state index contributed by atoms with van der Waals surface area (Å²) in [5.41, 5.74) is 1.04. The molecule has 1 atom stereocenters. The highest BCUT2D eigenvalue weighted by molar-refractivity contribution is 7.00. The molecule has 0 unspecified atom stereocenters. The van der Waals surface area contributed by atoms with Crippen molar-refractivity contribution in [2.75, 3.05) is 13.2 Å². The van der Waals surface area contributed by atoms with E-state index < -0.39 is 22.7 Å². The number of rotatable bonds is 14. The fourth-order valence-corrected chi connectivity index (χ4v) is 16.1. The summed E-state index contributed by atoms with van der Waals surface area (Å²) >= 11 is 0. The first kappa shape index (κ1) is 36.4. The molecule has 0 aliphatic heterocycles. The molecule has 0 aliphatic rings. The van der Waals surface area contributed by atoms with Crippen molar-refractivity contribution in [3.05, 3.63) is 157 Å². The number of Topliss-reactive ketones (excluding diaryl/α,β-unsaturated/α-hetero) is 1. The first-order valence-electron chi connectivity index (χ1n) is 17.2. The summed E-state index contributed by atoms with van der Waals surface area (Å²) in [5, 5.41) is 3.91. The lowest BCUT2D eigenvalue weighted by Crippen LogP contribution is -2.69. The Balaban J connectivity index is 1.57. The normalized spacial score (nSPS) is 13.2. The highest BCUT2D eigenvalue weighted by Gasteiger charge is 2.53. The minimum absolute atomic E-state index is 0.0924. The minimum atomic E-state index is -3.09. The molecule has 0 N–H and O–H groups in total. The van der Waals surface area contributed by atoms with Gasteiger partial charge in [-0.15, -0.1) is 0 Å². The zero-order chi connectivity index (χ0) is 35.0. The van der Waals surface area contributed by atoms with Crippen molar-refractivity contribution in [3.63, 3.8) is 0 Å². The van der Waals surface area contributed by atoms with Crippen LogP contribution in [0.3, 0.4) is 0 Å². The lowest BCUT2D eigenvalue weighted by atomic mass is 10.2. The molecule has 5 rings (SSSR count). The first-order valence-corrected chi connectivity index (χ1v) is 21.0. The zero-order valence-corrected chi connectivity index (χ0v) is 31.8. The largest absolute Gasteiger partial charge is 0.400 e. The molecular formula is C43H50O4Si2. The third-order valence-electron chi connectivity index (χ3n) is 9.32. The number of hydrogen-bond donors (Lipinski definition) is 0. The van der Waals surface area contributed by atoms with E-state index in [0.717, 1.165) is 26.3 Å². The van der Waals surface area contributed by atoms with Crippen LogP contribution in [0.25, 0.3) is 0 Å². The van der Waals surface area contributed by atoms with Gasteiger partial charge in [-0.3, -0.25) is 4.79 Å². The van der Waals surface area contributed by atoms with Crippen molar-refractivity contribution in [2.24, 2.45) is 0 Å². The van der Waals surface area contributed by atoms with E-state index >= 15 is 0 Å². The lowest BCUT2D eigenvalue weighted by Gasteiger charge is -2.45. The summed E-state index contributed by atoms with van der Waals surface area (Å²) < 4.78 is 20.9. The van der Waals surface area contributed by atoms with E-state index in [1.807, 2.05) is 54.6 Å². The molecule has 4 nitrogen and oxygen atoms in total. The van der Waals surface area contributed by atoms with Gasteiger partial charge in [0.15, 0.2) is 5.78 Å². The summed E-state index contributed by atoms with van der Waals surface area (Å²) in [6.07, 6.45) is -0.853. The van der Waals surface area contributed by atoms with E-state index in [0.29, 0.717) is 6.61 Å². The number of ketones is 1. The van der Waals surface area contributed by atoms with Crippen LogP contribution in [0, 0.1) is 0 Å². The number of ether oxygens (including phenoxy) is 1. The van der Waals surface area contributed by atoms with Gasteiger partial charge >= 0.3 is 0 Å². The maximum Gasteiger partial charge on any atom is 0.262 e. The van der Waals surface area contributed by atoms with Crippen LogP contribution in [-0.4, -0.2) is 41.7 Å². The smallest absolute Gasteiger partial charge is 0.262 e. The van der Waals surface area contributed by atoms with Gasteiger partial charge in [-0.25, -0.2) is 0 Å². The van der Waals surface area contributed by atoms with Crippen molar-refractivity contribution >= 4 is 43.2 Å². The molecule has 0 amide bonds. The van der Waals surface area contributed by atoms with E-state index in [1.165, 1.54) is 0 Å². The molecule has 5 aromatic rings. The third kappa shape index (κ3) is 7.95. The number of hydrogen-bond acceptors (Lipinski definition) is 4. The molecule has 0 bridgehead atoms. The SMILES string of the molecule is CC(C)(C)[Si](OCC(=O)[C@H](COCc1ccccc1)O[Si](c1ccccc1)(c1ccccc1)C(C)(C)C)(c1ccccc1)c1ccccc1. The van der Waals surface area contributed by atoms with E-state index in [2.05, 4.69) is 139 Å². The van der Waals surface area contributed by atoms with Crippen LogP contribution >= 0.6 is 0 Å². The molecule has 0 heterocycles. The molecule has 5 aromatic carbocycles. The van der Waals surface area contributed by atoms with E-state index in [9.17, 15) is 4.79 Å².